The Morgan fingerprint density at radius 3 is 2.22 bits per heavy atom. The zero-order chi connectivity index (χ0) is 13.8. The largest absolute Gasteiger partial charge is 0.356 e. The van der Waals surface area contributed by atoms with Gasteiger partial charge in [-0.15, -0.1) is 0 Å². The van der Waals surface area contributed by atoms with E-state index >= 15 is 0 Å². The molecule has 3 nitrogen and oxygen atoms in total. The number of unbranched alkanes of at least 4 members (excludes halogenated alkanes) is 4. The fourth-order valence-corrected chi connectivity index (χ4v) is 1.76. The Hall–Kier alpha value is -0.860. The van der Waals surface area contributed by atoms with E-state index in [0.29, 0.717) is 19.3 Å². The molecule has 0 aliphatic heterocycles. The van der Waals surface area contributed by atoms with Crippen LogP contribution in [0.3, 0.4) is 0 Å². The lowest BCUT2D eigenvalue weighted by Gasteiger charge is -2.06. The van der Waals surface area contributed by atoms with E-state index in [2.05, 4.69) is 12.2 Å². The lowest BCUT2D eigenvalue weighted by molar-refractivity contribution is -0.122. The van der Waals surface area contributed by atoms with Crippen LogP contribution >= 0.6 is 0 Å². The van der Waals surface area contributed by atoms with Crippen LogP contribution in [-0.4, -0.2) is 18.2 Å². The Labute approximate surface area is 112 Å². The smallest absolute Gasteiger partial charge is 0.220 e. The molecule has 0 aromatic heterocycles. The summed E-state index contributed by atoms with van der Waals surface area (Å²) in [5.41, 5.74) is 0. The van der Waals surface area contributed by atoms with Crippen LogP contribution in [-0.2, 0) is 9.59 Å². The number of ketones is 1. The zero-order valence-electron chi connectivity index (χ0n) is 12.3. The van der Waals surface area contributed by atoms with Gasteiger partial charge in [-0.25, -0.2) is 0 Å². The molecule has 1 N–H and O–H groups in total. The van der Waals surface area contributed by atoms with Gasteiger partial charge < -0.3 is 5.32 Å². The molecule has 0 saturated carbocycles. The van der Waals surface area contributed by atoms with Gasteiger partial charge in [0.05, 0.1) is 0 Å². The second kappa shape index (κ2) is 11.2. The Bertz CT molecular complexity index is 237. The van der Waals surface area contributed by atoms with Gasteiger partial charge >= 0.3 is 0 Å². The van der Waals surface area contributed by atoms with E-state index < -0.39 is 0 Å². The average Bonchev–Trinajstić information content (AvgIpc) is 2.33. The molecule has 0 aliphatic carbocycles. The Balaban J connectivity index is 3.35. The second-order valence-electron chi connectivity index (χ2n) is 5.24. The fourth-order valence-electron chi connectivity index (χ4n) is 1.76. The van der Waals surface area contributed by atoms with E-state index in [0.717, 1.165) is 13.0 Å². The molecule has 1 amide bonds. The number of Topliss-reactive ketones (excluding diaryl/α,β-unsaturated/α-hetero) is 1. The monoisotopic (exact) mass is 255 g/mol. The van der Waals surface area contributed by atoms with Gasteiger partial charge in [-0.2, -0.15) is 0 Å². The second-order valence-corrected chi connectivity index (χ2v) is 5.24. The van der Waals surface area contributed by atoms with Crippen molar-refractivity contribution in [1.82, 2.24) is 5.32 Å². The van der Waals surface area contributed by atoms with Gasteiger partial charge in [-0.3, -0.25) is 9.59 Å². The molecule has 0 aromatic rings. The molecule has 0 atom stereocenters. The van der Waals surface area contributed by atoms with E-state index in [1.165, 1.54) is 25.7 Å². The third kappa shape index (κ3) is 10.3. The van der Waals surface area contributed by atoms with Gasteiger partial charge in [0.25, 0.3) is 0 Å². The number of hydrogen-bond acceptors (Lipinski definition) is 2. The molecular weight excluding hydrogens is 226 g/mol. The van der Waals surface area contributed by atoms with Crippen molar-refractivity contribution in [3.8, 4) is 0 Å². The van der Waals surface area contributed by atoms with E-state index in [9.17, 15) is 9.59 Å². The highest BCUT2D eigenvalue weighted by Gasteiger charge is 2.08. The van der Waals surface area contributed by atoms with Gasteiger partial charge in [0, 0.05) is 25.3 Å². The first-order valence-electron chi connectivity index (χ1n) is 7.37. The first-order valence-corrected chi connectivity index (χ1v) is 7.37. The predicted molar refractivity (Wildman–Crippen MR) is 75.5 cm³/mol. The number of rotatable bonds is 11. The molecule has 0 radical (unpaired) electrons. The van der Waals surface area contributed by atoms with Crippen molar-refractivity contribution in [3.63, 3.8) is 0 Å². The summed E-state index contributed by atoms with van der Waals surface area (Å²) in [7, 11) is 0. The average molecular weight is 255 g/mol. The first kappa shape index (κ1) is 17.1. The third-order valence-corrected chi connectivity index (χ3v) is 3.07. The number of hydrogen-bond donors (Lipinski definition) is 1. The minimum absolute atomic E-state index is 0.0852. The standard InChI is InChI=1S/C15H29NO2/c1-4-5-6-7-8-12-16-15(18)11-9-10-14(17)13(2)3/h13H,4-12H2,1-3H3,(H,16,18). The molecule has 3 heteroatoms. The molecule has 0 unspecified atom stereocenters. The maximum Gasteiger partial charge on any atom is 0.220 e. The van der Waals surface area contributed by atoms with Crippen LogP contribution in [0, 0.1) is 5.92 Å². The van der Waals surface area contributed by atoms with Crippen LogP contribution < -0.4 is 5.32 Å². The number of carbonyl (C=O) groups is 2. The Morgan fingerprint density at radius 2 is 1.61 bits per heavy atom. The summed E-state index contributed by atoms with van der Waals surface area (Å²) in [6.45, 7) is 6.78. The number of carbonyl (C=O) groups excluding carboxylic acids is 2. The molecule has 0 fully saturated rings. The maximum absolute atomic E-state index is 11.5. The molecule has 18 heavy (non-hydrogen) atoms. The van der Waals surface area contributed by atoms with E-state index in [4.69, 9.17) is 0 Å². The van der Waals surface area contributed by atoms with Crippen molar-refractivity contribution in [3.05, 3.63) is 0 Å². The lowest BCUT2D eigenvalue weighted by Crippen LogP contribution is -2.24. The summed E-state index contributed by atoms with van der Waals surface area (Å²) >= 11 is 0. The minimum atomic E-state index is 0.0852. The molecule has 0 bridgehead atoms. The van der Waals surface area contributed by atoms with Crippen LogP contribution in [0.25, 0.3) is 0 Å². The normalized spacial score (nSPS) is 10.7. The van der Waals surface area contributed by atoms with Crippen molar-refractivity contribution < 1.29 is 9.59 Å². The SMILES string of the molecule is CCCCCCCNC(=O)CCCC(=O)C(C)C. The summed E-state index contributed by atoms with van der Waals surface area (Å²) in [5.74, 6) is 0.427. The van der Waals surface area contributed by atoms with Crippen LogP contribution in [0.2, 0.25) is 0 Å². The van der Waals surface area contributed by atoms with Crippen LogP contribution in [0.1, 0.15) is 72.1 Å². The van der Waals surface area contributed by atoms with Crippen molar-refractivity contribution in [1.29, 1.82) is 0 Å². The summed E-state index contributed by atoms with van der Waals surface area (Å²) in [4.78, 5) is 22.8. The summed E-state index contributed by atoms with van der Waals surface area (Å²) in [5, 5.41) is 2.91. The van der Waals surface area contributed by atoms with Gasteiger partial charge in [0.1, 0.15) is 5.78 Å². The van der Waals surface area contributed by atoms with E-state index in [-0.39, 0.29) is 17.6 Å². The third-order valence-electron chi connectivity index (χ3n) is 3.07. The summed E-state index contributed by atoms with van der Waals surface area (Å²) < 4.78 is 0. The molecule has 0 rings (SSSR count). The Morgan fingerprint density at radius 1 is 0.944 bits per heavy atom. The van der Waals surface area contributed by atoms with Gasteiger partial charge in [-0.1, -0.05) is 46.5 Å². The van der Waals surface area contributed by atoms with Gasteiger partial charge in [0.15, 0.2) is 0 Å². The number of nitrogens with one attached hydrogen (secondary N) is 1. The highest BCUT2D eigenvalue weighted by molar-refractivity contribution is 5.81. The molecule has 0 aromatic carbocycles. The van der Waals surface area contributed by atoms with E-state index in [1.807, 2.05) is 13.8 Å². The van der Waals surface area contributed by atoms with Crippen molar-refractivity contribution >= 4 is 11.7 Å². The van der Waals surface area contributed by atoms with Crippen LogP contribution in [0.15, 0.2) is 0 Å². The lowest BCUT2D eigenvalue weighted by atomic mass is 10.0. The molecule has 0 heterocycles. The fraction of sp³-hybridized carbons (Fsp3) is 0.867. The molecule has 0 aliphatic rings. The quantitative estimate of drug-likeness (QED) is 0.575. The highest BCUT2D eigenvalue weighted by Crippen LogP contribution is 2.04. The van der Waals surface area contributed by atoms with Crippen molar-refractivity contribution in [2.45, 2.75) is 72.1 Å². The predicted octanol–water partition coefficient (Wildman–Crippen LogP) is 3.47. The number of amides is 1. The topological polar surface area (TPSA) is 46.2 Å². The molecule has 0 spiro atoms. The van der Waals surface area contributed by atoms with Crippen LogP contribution in [0.4, 0.5) is 0 Å². The van der Waals surface area contributed by atoms with E-state index in [1.54, 1.807) is 0 Å². The molecule has 106 valence electrons. The summed E-state index contributed by atoms with van der Waals surface area (Å²) in [6, 6.07) is 0. The summed E-state index contributed by atoms with van der Waals surface area (Å²) in [6.07, 6.45) is 7.74. The van der Waals surface area contributed by atoms with Gasteiger partial charge in [0.2, 0.25) is 5.91 Å². The zero-order valence-corrected chi connectivity index (χ0v) is 12.3. The Kier molecular flexibility index (Phi) is 10.7. The van der Waals surface area contributed by atoms with Crippen molar-refractivity contribution in [2.75, 3.05) is 6.54 Å². The van der Waals surface area contributed by atoms with Crippen molar-refractivity contribution in [2.24, 2.45) is 5.92 Å². The first-order chi connectivity index (χ1) is 8.57. The molecule has 0 saturated heterocycles. The highest BCUT2D eigenvalue weighted by atomic mass is 16.1. The molecular formula is C15H29NO2. The minimum Gasteiger partial charge on any atom is -0.356 e. The maximum atomic E-state index is 11.5. The van der Waals surface area contributed by atoms with Crippen LogP contribution in [0.5, 0.6) is 0 Å². The van der Waals surface area contributed by atoms with Gasteiger partial charge in [-0.05, 0) is 12.8 Å².